The maximum Gasteiger partial charge on any atom is 0.251 e. The molecule has 0 unspecified atom stereocenters. The Morgan fingerprint density at radius 2 is 1.90 bits per heavy atom. The second kappa shape index (κ2) is 5.86. The van der Waals surface area contributed by atoms with E-state index in [2.05, 4.69) is 44.0 Å². The lowest BCUT2D eigenvalue weighted by Crippen LogP contribution is -2.23. The number of aromatic nitrogens is 3. The normalized spacial score (nSPS) is 14.6. The Labute approximate surface area is 119 Å². The quantitative estimate of drug-likeness (QED) is 0.853. The lowest BCUT2D eigenvalue weighted by atomic mass is 10.3. The molecule has 104 valence electrons. The maximum absolute atomic E-state index is 4.68. The average Bonchev–Trinajstić information content (AvgIpc) is 3.04. The maximum atomic E-state index is 4.68. The van der Waals surface area contributed by atoms with Crippen molar-refractivity contribution in [3.8, 4) is 0 Å². The fraction of sp³-hybridized carbons (Fsp3) is 0.400. The van der Waals surface area contributed by atoms with E-state index in [9.17, 15) is 0 Å². The van der Waals surface area contributed by atoms with E-state index in [4.69, 9.17) is 0 Å². The van der Waals surface area contributed by atoms with Crippen molar-refractivity contribution >= 4 is 17.5 Å². The van der Waals surface area contributed by atoms with E-state index in [1.807, 2.05) is 18.2 Å². The molecule has 20 heavy (non-hydrogen) atoms. The molecule has 0 radical (unpaired) electrons. The van der Waals surface area contributed by atoms with Gasteiger partial charge in [0.2, 0.25) is 0 Å². The molecule has 0 spiro atoms. The summed E-state index contributed by atoms with van der Waals surface area (Å²) in [7, 11) is 0. The molecule has 0 aliphatic carbocycles. The first-order chi connectivity index (χ1) is 9.88. The van der Waals surface area contributed by atoms with Gasteiger partial charge in [0.15, 0.2) is 5.82 Å². The van der Waals surface area contributed by atoms with Gasteiger partial charge < -0.3 is 9.80 Å². The van der Waals surface area contributed by atoms with E-state index in [0.717, 1.165) is 31.1 Å². The molecule has 5 heteroatoms. The minimum Gasteiger partial charge on any atom is -0.355 e. The van der Waals surface area contributed by atoms with E-state index in [1.165, 1.54) is 12.8 Å². The van der Waals surface area contributed by atoms with Crippen molar-refractivity contribution in [1.82, 2.24) is 15.2 Å². The molecule has 1 aromatic heterocycles. The van der Waals surface area contributed by atoms with Crippen LogP contribution in [0.2, 0.25) is 0 Å². The topological polar surface area (TPSA) is 45.2 Å². The molecule has 1 saturated heterocycles. The molecule has 5 nitrogen and oxygen atoms in total. The highest BCUT2D eigenvalue weighted by Crippen LogP contribution is 2.23. The molecule has 0 amide bonds. The highest BCUT2D eigenvalue weighted by Gasteiger charge is 2.17. The minimum absolute atomic E-state index is 0.670. The number of benzene rings is 1. The lowest BCUT2D eigenvalue weighted by Gasteiger charge is -2.22. The third-order valence-corrected chi connectivity index (χ3v) is 3.59. The van der Waals surface area contributed by atoms with Crippen LogP contribution in [0.1, 0.15) is 19.8 Å². The van der Waals surface area contributed by atoms with E-state index >= 15 is 0 Å². The van der Waals surface area contributed by atoms with Gasteiger partial charge in [-0.15, -0.1) is 5.10 Å². The zero-order chi connectivity index (χ0) is 13.8. The van der Waals surface area contributed by atoms with Crippen LogP contribution in [-0.2, 0) is 0 Å². The van der Waals surface area contributed by atoms with Gasteiger partial charge >= 0.3 is 0 Å². The highest BCUT2D eigenvalue weighted by atomic mass is 15.4. The first-order valence-corrected chi connectivity index (χ1v) is 7.15. The Kier molecular flexibility index (Phi) is 3.76. The van der Waals surface area contributed by atoms with Crippen molar-refractivity contribution in [2.75, 3.05) is 29.4 Å². The summed E-state index contributed by atoms with van der Waals surface area (Å²) < 4.78 is 0. The summed E-state index contributed by atoms with van der Waals surface area (Å²) in [6.07, 6.45) is 4.22. The molecule has 1 aliphatic rings. The Hall–Kier alpha value is -2.17. The molecule has 2 aromatic rings. The summed E-state index contributed by atoms with van der Waals surface area (Å²) in [5.41, 5.74) is 1.09. The van der Waals surface area contributed by atoms with Gasteiger partial charge in [-0.25, -0.2) is 0 Å². The van der Waals surface area contributed by atoms with E-state index in [1.54, 1.807) is 6.20 Å². The van der Waals surface area contributed by atoms with Gasteiger partial charge in [0.25, 0.3) is 5.95 Å². The first-order valence-electron chi connectivity index (χ1n) is 7.15. The van der Waals surface area contributed by atoms with Crippen molar-refractivity contribution in [3.05, 3.63) is 36.5 Å². The molecule has 0 bridgehead atoms. The predicted molar refractivity (Wildman–Crippen MR) is 80.4 cm³/mol. The smallest absolute Gasteiger partial charge is 0.251 e. The van der Waals surface area contributed by atoms with Crippen LogP contribution in [-0.4, -0.2) is 34.8 Å². The van der Waals surface area contributed by atoms with Crippen LogP contribution in [0, 0.1) is 0 Å². The molecule has 2 heterocycles. The first kappa shape index (κ1) is 12.8. The summed E-state index contributed by atoms with van der Waals surface area (Å²) in [5.74, 6) is 1.60. The standard InChI is InChI=1S/C15H19N5/c1-2-20(13-8-4-3-5-9-13)15-17-14(12-16-18-15)19-10-6-7-11-19/h3-5,8-9,12H,2,6-7,10-11H2,1H3. The second-order valence-corrected chi connectivity index (χ2v) is 4.89. The number of para-hydroxylation sites is 1. The van der Waals surface area contributed by atoms with E-state index in [-0.39, 0.29) is 0 Å². The van der Waals surface area contributed by atoms with Crippen LogP contribution < -0.4 is 9.80 Å². The van der Waals surface area contributed by atoms with Crippen molar-refractivity contribution in [1.29, 1.82) is 0 Å². The highest BCUT2D eigenvalue weighted by molar-refractivity contribution is 5.57. The Bertz CT molecular complexity index is 551. The van der Waals surface area contributed by atoms with Gasteiger partial charge in [0.05, 0.1) is 6.20 Å². The summed E-state index contributed by atoms with van der Waals surface area (Å²) in [6.45, 7) is 5.04. The third-order valence-electron chi connectivity index (χ3n) is 3.59. The van der Waals surface area contributed by atoms with Crippen LogP contribution >= 0.6 is 0 Å². The zero-order valence-corrected chi connectivity index (χ0v) is 11.7. The Morgan fingerprint density at radius 3 is 2.60 bits per heavy atom. The molecule has 1 aromatic carbocycles. The Morgan fingerprint density at radius 1 is 1.15 bits per heavy atom. The largest absolute Gasteiger partial charge is 0.355 e. The van der Waals surface area contributed by atoms with E-state index in [0.29, 0.717) is 5.95 Å². The second-order valence-electron chi connectivity index (χ2n) is 4.89. The third kappa shape index (κ3) is 2.57. The zero-order valence-electron chi connectivity index (χ0n) is 11.7. The summed E-state index contributed by atoms with van der Waals surface area (Å²) >= 11 is 0. The van der Waals surface area contributed by atoms with Gasteiger partial charge in [-0.1, -0.05) is 18.2 Å². The van der Waals surface area contributed by atoms with Crippen LogP contribution in [0.4, 0.5) is 17.5 Å². The van der Waals surface area contributed by atoms with Crippen LogP contribution in [0.5, 0.6) is 0 Å². The van der Waals surface area contributed by atoms with Gasteiger partial charge in [-0.3, -0.25) is 0 Å². The molecule has 0 N–H and O–H groups in total. The SMILES string of the molecule is CCN(c1ccccc1)c1nncc(N2CCCC2)n1. The van der Waals surface area contributed by atoms with Crippen LogP contribution in [0.15, 0.2) is 36.5 Å². The molecule has 3 rings (SSSR count). The van der Waals surface area contributed by atoms with Crippen molar-refractivity contribution < 1.29 is 0 Å². The predicted octanol–water partition coefficient (Wildman–Crippen LogP) is 2.63. The van der Waals surface area contributed by atoms with Gasteiger partial charge in [-0.2, -0.15) is 10.1 Å². The molecule has 1 fully saturated rings. The molecule has 1 aliphatic heterocycles. The number of hydrogen-bond acceptors (Lipinski definition) is 5. The monoisotopic (exact) mass is 269 g/mol. The average molecular weight is 269 g/mol. The number of hydrogen-bond donors (Lipinski definition) is 0. The summed E-state index contributed by atoms with van der Waals surface area (Å²) in [6, 6.07) is 10.2. The van der Waals surface area contributed by atoms with E-state index < -0.39 is 0 Å². The van der Waals surface area contributed by atoms with Gasteiger partial charge in [-0.05, 0) is 31.9 Å². The number of anilines is 3. The number of rotatable bonds is 4. The number of nitrogens with zero attached hydrogens (tertiary/aromatic N) is 5. The lowest BCUT2D eigenvalue weighted by molar-refractivity contribution is 0.849. The van der Waals surface area contributed by atoms with Crippen molar-refractivity contribution in [2.24, 2.45) is 0 Å². The fourth-order valence-corrected chi connectivity index (χ4v) is 2.55. The molecule has 0 atom stereocenters. The van der Waals surface area contributed by atoms with Crippen LogP contribution in [0.3, 0.4) is 0 Å². The van der Waals surface area contributed by atoms with Crippen LogP contribution in [0.25, 0.3) is 0 Å². The minimum atomic E-state index is 0.670. The van der Waals surface area contributed by atoms with Gasteiger partial charge in [0, 0.05) is 25.3 Å². The summed E-state index contributed by atoms with van der Waals surface area (Å²) in [4.78, 5) is 9.03. The Balaban J connectivity index is 1.90. The van der Waals surface area contributed by atoms with Gasteiger partial charge in [0.1, 0.15) is 0 Å². The summed E-state index contributed by atoms with van der Waals surface area (Å²) in [5, 5.41) is 8.32. The fourth-order valence-electron chi connectivity index (χ4n) is 2.55. The molecule has 0 saturated carbocycles. The van der Waals surface area contributed by atoms with Crippen molar-refractivity contribution in [2.45, 2.75) is 19.8 Å². The molecular weight excluding hydrogens is 250 g/mol. The molecular formula is C15H19N5. The van der Waals surface area contributed by atoms with Crippen molar-refractivity contribution in [3.63, 3.8) is 0 Å².